The Morgan fingerprint density at radius 1 is 0.475 bits per heavy atom. The summed E-state index contributed by atoms with van der Waals surface area (Å²) >= 11 is 0. The molecule has 0 radical (unpaired) electrons. The Balaban J connectivity index is 1.13. The molecule has 6 nitrogen and oxygen atoms in total. The maximum absolute atomic E-state index is 9.70. The van der Waals surface area contributed by atoms with Gasteiger partial charge in [0.25, 0.3) is 0 Å². The number of aromatic nitrogens is 4. The fourth-order valence-electron chi connectivity index (χ4n) is 10.7. The molecule has 0 aliphatic heterocycles. The molecule has 0 bridgehead atoms. The van der Waals surface area contributed by atoms with E-state index in [0.29, 0.717) is 34.5 Å². The van der Waals surface area contributed by atoms with Gasteiger partial charge in [0.1, 0.15) is 17.5 Å². The summed E-state index contributed by atoms with van der Waals surface area (Å²) in [6, 6.07) is 41.3. The predicted molar refractivity (Wildman–Crippen MR) is 245 cm³/mol. The molecule has 6 heteroatoms. The van der Waals surface area contributed by atoms with E-state index in [-0.39, 0.29) is 33.7 Å². The maximum Gasteiger partial charge on any atom is 0.174 e. The van der Waals surface area contributed by atoms with Gasteiger partial charge in [0.2, 0.25) is 0 Å². The van der Waals surface area contributed by atoms with Gasteiger partial charge in [-0.25, -0.2) is 15.0 Å². The van der Waals surface area contributed by atoms with Crippen LogP contribution in [0.4, 0.5) is 0 Å². The summed E-state index contributed by atoms with van der Waals surface area (Å²) in [6.45, 7) is 23.1. The lowest BCUT2D eigenvalue weighted by Crippen LogP contribution is -2.42. The average molecular weight is 798 g/mol. The number of hydrogen-bond acceptors (Lipinski definition) is 6. The zero-order chi connectivity index (χ0) is 42.9. The van der Waals surface area contributed by atoms with E-state index in [4.69, 9.17) is 24.7 Å². The van der Waals surface area contributed by atoms with Crippen LogP contribution in [0.3, 0.4) is 0 Å². The second kappa shape index (κ2) is 13.0. The van der Waals surface area contributed by atoms with Crippen LogP contribution in [0.5, 0.6) is 5.75 Å². The van der Waals surface area contributed by atoms with Crippen LogP contribution in [0.2, 0.25) is 0 Å². The van der Waals surface area contributed by atoms with Gasteiger partial charge < -0.3 is 4.74 Å². The lowest BCUT2D eigenvalue weighted by atomic mass is 9.59. The van der Waals surface area contributed by atoms with Gasteiger partial charge in [0.05, 0.1) is 0 Å². The third kappa shape index (κ3) is 5.45. The number of ether oxygens (including phenoxy) is 1. The largest absolute Gasteiger partial charge is 0.476 e. The molecule has 302 valence electrons. The van der Waals surface area contributed by atoms with Crippen LogP contribution in [0.25, 0.3) is 67.7 Å². The van der Waals surface area contributed by atoms with Crippen molar-refractivity contribution >= 4 is 0 Å². The highest BCUT2D eigenvalue weighted by Gasteiger charge is 2.56. The highest BCUT2D eigenvalue weighted by atomic mass is 16.5. The van der Waals surface area contributed by atoms with Crippen molar-refractivity contribution in [1.82, 2.24) is 19.9 Å². The first-order chi connectivity index (χ1) is 29.0. The monoisotopic (exact) mass is 797 g/mol. The van der Waals surface area contributed by atoms with E-state index in [2.05, 4.69) is 178 Å². The molecule has 2 heterocycles. The molecule has 5 aromatic carbocycles. The summed E-state index contributed by atoms with van der Waals surface area (Å²) in [7, 11) is 0. The van der Waals surface area contributed by atoms with E-state index in [1.54, 1.807) is 0 Å². The SMILES string of the molecule is CC1(C)c2ccccc2-c2ccc(-c3nc(-c4cnc(-c5ccc6c(c5)C(C)(C)C(C)(C)C6(C)C)c(OCC#N)c4)nc(-c4ccc5c(c4)C(C)(C)c4ccccc4-5)n3)cc21. The highest BCUT2D eigenvalue weighted by Crippen LogP contribution is 2.62. The van der Waals surface area contributed by atoms with Gasteiger partial charge in [0.15, 0.2) is 24.1 Å². The fourth-order valence-corrected chi connectivity index (χ4v) is 10.7. The summed E-state index contributed by atoms with van der Waals surface area (Å²) in [6.07, 6.45) is 1.83. The lowest BCUT2D eigenvalue weighted by Gasteiger charge is -2.44. The Kier molecular flexibility index (Phi) is 8.27. The van der Waals surface area contributed by atoms with Crippen molar-refractivity contribution in [2.75, 3.05) is 6.61 Å². The summed E-state index contributed by atoms with van der Waals surface area (Å²) in [5, 5.41) is 9.70. The van der Waals surface area contributed by atoms with Gasteiger partial charge in [-0.2, -0.15) is 5.26 Å². The molecule has 7 aromatic rings. The van der Waals surface area contributed by atoms with Gasteiger partial charge in [-0.1, -0.05) is 154 Å². The Morgan fingerprint density at radius 2 is 0.934 bits per heavy atom. The molecule has 0 spiro atoms. The van der Waals surface area contributed by atoms with Crippen LogP contribution in [-0.2, 0) is 21.7 Å². The van der Waals surface area contributed by atoms with E-state index in [1.807, 2.05) is 12.3 Å². The molecule has 61 heavy (non-hydrogen) atoms. The third-order valence-electron chi connectivity index (χ3n) is 15.5. The molecular formula is C55H51N5O. The molecule has 3 aliphatic carbocycles. The molecule has 0 saturated heterocycles. The van der Waals surface area contributed by atoms with E-state index < -0.39 is 0 Å². The van der Waals surface area contributed by atoms with Crippen molar-refractivity contribution in [3.63, 3.8) is 0 Å². The van der Waals surface area contributed by atoms with Crippen molar-refractivity contribution in [3.8, 4) is 79.5 Å². The second-order valence-corrected chi connectivity index (χ2v) is 19.8. The molecule has 0 atom stereocenters. The summed E-state index contributed by atoms with van der Waals surface area (Å²) in [5.41, 5.74) is 16.4. The first-order valence-electron chi connectivity index (χ1n) is 21.4. The topological polar surface area (TPSA) is 84.6 Å². The zero-order valence-electron chi connectivity index (χ0n) is 36.8. The van der Waals surface area contributed by atoms with Crippen LogP contribution in [0.1, 0.15) is 103 Å². The number of hydrogen-bond donors (Lipinski definition) is 0. The minimum absolute atomic E-state index is 0.0175. The first-order valence-corrected chi connectivity index (χ1v) is 21.4. The number of pyridine rings is 1. The van der Waals surface area contributed by atoms with E-state index >= 15 is 0 Å². The maximum atomic E-state index is 9.70. The van der Waals surface area contributed by atoms with Crippen molar-refractivity contribution in [1.29, 1.82) is 5.26 Å². The van der Waals surface area contributed by atoms with Gasteiger partial charge in [-0.3, -0.25) is 4.98 Å². The van der Waals surface area contributed by atoms with Crippen molar-refractivity contribution < 1.29 is 4.74 Å². The van der Waals surface area contributed by atoms with Gasteiger partial charge in [-0.15, -0.1) is 0 Å². The standard InChI is InChI=1S/C55H51N5O/c1-51(2)40-17-13-11-15-36(40)38-22-19-33(28-43(38)51)48-58-49(34-20-23-39-37-16-12-14-18-41(37)52(3,4)44(39)29-34)60-50(59-48)35-30-46(61-26-25-56)47(57-31-35)32-21-24-42-45(27-32)54(7,8)55(9,10)53(42,5)6/h11-24,27-31H,26H2,1-10H3. The number of fused-ring (bicyclic) bond motifs is 7. The summed E-state index contributed by atoms with van der Waals surface area (Å²) in [4.78, 5) is 20.7. The molecule has 10 rings (SSSR count). The third-order valence-corrected chi connectivity index (χ3v) is 15.5. The number of nitriles is 1. The molecule has 0 amide bonds. The molecular weight excluding hydrogens is 747 g/mol. The number of benzene rings is 5. The van der Waals surface area contributed by atoms with Crippen molar-refractivity contribution in [2.24, 2.45) is 5.41 Å². The summed E-state index contributed by atoms with van der Waals surface area (Å²) in [5.74, 6) is 2.14. The quantitative estimate of drug-likeness (QED) is 0.167. The first kappa shape index (κ1) is 38.7. The average Bonchev–Trinajstić information content (AvgIpc) is 3.67. The van der Waals surface area contributed by atoms with E-state index in [0.717, 1.165) is 16.7 Å². The van der Waals surface area contributed by atoms with Crippen LogP contribution in [0, 0.1) is 16.7 Å². The molecule has 0 unspecified atom stereocenters. The fraction of sp³-hybridized carbons (Fsp3) is 0.291. The Morgan fingerprint density at radius 3 is 1.48 bits per heavy atom. The van der Waals surface area contributed by atoms with Crippen LogP contribution >= 0.6 is 0 Å². The van der Waals surface area contributed by atoms with Crippen LogP contribution in [0.15, 0.2) is 115 Å². The lowest BCUT2D eigenvalue weighted by molar-refractivity contribution is 0.125. The highest BCUT2D eigenvalue weighted by molar-refractivity contribution is 5.85. The molecule has 3 aliphatic rings. The minimum atomic E-state index is -0.188. The number of nitrogens with zero attached hydrogens (tertiary/aromatic N) is 5. The molecule has 2 aromatic heterocycles. The Labute approximate surface area is 359 Å². The molecule has 0 saturated carbocycles. The van der Waals surface area contributed by atoms with E-state index in [9.17, 15) is 5.26 Å². The Hall–Kier alpha value is -6.45. The normalized spacial score (nSPS) is 17.4. The van der Waals surface area contributed by atoms with Crippen molar-refractivity contribution in [2.45, 2.75) is 90.9 Å². The molecule has 0 fully saturated rings. The van der Waals surface area contributed by atoms with Gasteiger partial charge in [0, 0.05) is 39.3 Å². The summed E-state index contributed by atoms with van der Waals surface area (Å²) < 4.78 is 6.20. The number of rotatable bonds is 6. The molecule has 0 N–H and O–H groups in total. The van der Waals surface area contributed by atoms with Gasteiger partial charge >= 0.3 is 0 Å². The van der Waals surface area contributed by atoms with Gasteiger partial charge in [-0.05, 0) is 96.1 Å². The smallest absolute Gasteiger partial charge is 0.174 e. The minimum Gasteiger partial charge on any atom is -0.476 e. The predicted octanol–water partition coefficient (Wildman–Crippen LogP) is 13.0. The van der Waals surface area contributed by atoms with Crippen molar-refractivity contribution in [3.05, 3.63) is 149 Å². The Bertz CT molecular complexity index is 2910. The zero-order valence-corrected chi connectivity index (χ0v) is 36.8. The van der Waals surface area contributed by atoms with E-state index in [1.165, 1.54) is 55.6 Å². The second-order valence-electron chi connectivity index (χ2n) is 19.8. The van der Waals surface area contributed by atoms with Crippen LogP contribution < -0.4 is 4.74 Å². The van der Waals surface area contributed by atoms with Crippen LogP contribution in [-0.4, -0.2) is 26.5 Å².